The van der Waals surface area contributed by atoms with Crippen molar-refractivity contribution >= 4 is 22.6 Å². The van der Waals surface area contributed by atoms with Crippen molar-refractivity contribution in [2.24, 2.45) is 5.73 Å². The van der Waals surface area contributed by atoms with E-state index in [1.165, 1.54) is 0 Å². The molecule has 0 saturated heterocycles. The number of carbonyl (C=O) groups is 1. The molecule has 4 rings (SSSR count). The molecule has 1 fully saturated rings. The van der Waals surface area contributed by atoms with Crippen LogP contribution in [-0.2, 0) is 15.3 Å². The first-order valence-electron chi connectivity index (χ1n) is 8.90. The highest BCUT2D eigenvalue weighted by Gasteiger charge is 2.49. The summed E-state index contributed by atoms with van der Waals surface area (Å²) in [7, 11) is 0. The zero-order valence-electron chi connectivity index (χ0n) is 14.5. The molecule has 26 heavy (non-hydrogen) atoms. The van der Waals surface area contributed by atoms with Crippen molar-refractivity contribution in [3.8, 4) is 0 Å². The van der Waals surface area contributed by atoms with Gasteiger partial charge >= 0.3 is 5.97 Å². The van der Waals surface area contributed by atoms with Crippen molar-refractivity contribution < 1.29 is 9.53 Å². The Kier molecular flexibility index (Phi) is 4.34. The molecule has 1 aliphatic carbocycles. The SMILES string of the molecule is NCC(=O)OC1(n2ncc3ccccc32)CCCC1Nc1ccccc1. The molecule has 0 amide bonds. The molecule has 6 nitrogen and oxygen atoms in total. The van der Waals surface area contributed by atoms with Crippen LogP contribution in [-0.4, -0.2) is 28.3 Å². The third-order valence-electron chi connectivity index (χ3n) is 4.98. The molecule has 2 aromatic carbocycles. The number of esters is 1. The Balaban J connectivity index is 1.79. The molecule has 1 aromatic heterocycles. The maximum Gasteiger partial charge on any atom is 0.321 e. The lowest BCUT2D eigenvalue weighted by molar-refractivity contribution is -0.172. The molecule has 1 saturated carbocycles. The summed E-state index contributed by atoms with van der Waals surface area (Å²) in [5, 5.41) is 9.14. The predicted octanol–water partition coefficient (Wildman–Crippen LogP) is 2.86. The van der Waals surface area contributed by atoms with E-state index in [0.717, 1.165) is 29.4 Å². The summed E-state index contributed by atoms with van der Waals surface area (Å²) in [5.41, 5.74) is 6.59. The highest BCUT2D eigenvalue weighted by atomic mass is 16.6. The van der Waals surface area contributed by atoms with Gasteiger partial charge in [0.1, 0.15) is 0 Å². The molecule has 0 aliphatic heterocycles. The minimum Gasteiger partial charge on any atom is -0.434 e. The summed E-state index contributed by atoms with van der Waals surface area (Å²) in [6.45, 7) is -0.154. The lowest BCUT2D eigenvalue weighted by atomic mass is 10.1. The van der Waals surface area contributed by atoms with E-state index in [1.807, 2.05) is 65.5 Å². The normalized spacial score (nSPS) is 22.4. The van der Waals surface area contributed by atoms with Crippen molar-refractivity contribution in [3.63, 3.8) is 0 Å². The Bertz CT molecular complexity index is 908. The maximum atomic E-state index is 12.2. The van der Waals surface area contributed by atoms with Crippen LogP contribution in [0.1, 0.15) is 19.3 Å². The molecule has 3 aromatic rings. The number of rotatable bonds is 5. The lowest BCUT2D eigenvalue weighted by Crippen LogP contribution is -2.50. The fourth-order valence-electron chi connectivity index (χ4n) is 3.81. The van der Waals surface area contributed by atoms with Crippen molar-refractivity contribution in [2.45, 2.75) is 31.0 Å². The van der Waals surface area contributed by atoms with Gasteiger partial charge in [0, 0.05) is 17.5 Å². The molecule has 134 valence electrons. The van der Waals surface area contributed by atoms with E-state index < -0.39 is 11.7 Å². The van der Waals surface area contributed by atoms with Crippen molar-refractivity contribution in [1.29, 1.82) is 0 Å². The molecular formula is C20H22N4O2. The van der Waals surface area contributed by atoms with E-state index in [-0.39, 0.29) is 12.6 Å². The summed E-state index contributed by atoms with van der Waals surface area (Å²) in [6, 6.07) is 17.8. The number of hydrogen-bond donors (Lipinski definition) is 2. The van der Waals surface area contributed by atoms with Crippen molar-refractivity contribution in [2.75, 3.05) is 11.9 Å². The first-order chi connectivity index (χ1) is 12.7. The number of carbonyl (C=O) groups excluding carboxylic acids is 1. The average molecular weight is 350 g/mol. The predicted molar refractivity (Wildman–Crippen MR) is 101 cm³/mol. The Morgan fingerprint density at radius 2 is 2.00 bits per heavy atom. The van der Waals surface area contributed by atoms with Crippen LogP contribution in [0.25, 0.3) is 10.9 Å². The molecule has 1 heterocycles. The monoisotopic (exact) mass is 350 g/mol. The molecule has 1 aliphatic rings. The molecule has 3 N–H and O–H groups in total. The number of ether oxygens (including phenoxy) is 1. The standard InChI is InChI=1S/C20H22N4O2/c21-13-19(25)26-20(24-17-10-5-4-7-15(17)14-22-24)12-6-11-18(20)23-16-8-2-1-3-9-16/h1-5,7-10,14,18,23H,6,11-13,21H2. The Hall–Kier alpha value is -2.86. The summed E-state index contributed by atoms with van der Waals surface area (Å²) in [5.74, 6) is -0.425. The van der Waals surface area contributed by atoms with Gasteiger partial charge in [-0.1, -0.05) is 36.4 Å². The van der Waals surface area contributed by atoms with Crippen molar-refractivity contribution in [3.05, 3.63) is 60.8 Å². The number of nitrogens with one attached hydrogen (secondary N) is 1. The van der Waals surface area contributed by atoms with E-state index in [9.17, 15) is 4.79 Å². The smallest absolute Gasteiger partial charge is 0.321 e. The third-order valence-corrected chi connectivity index (χ3v) is 4.98. The molecule has 6 heteroatoms. The molecule has 0 bridgehead atoms. The number of benzene rings is 2. The molecule has 2 unspecified atom stereocenters. The second-order valence-electron chi connectivity index (χ2n) is 6.59. The van der Waals surface area contributed by atoms with E-state index in [4.69, 9.17) is 10.5 Å². The number of para-hydroxylation sites is 2. The van der Waals surface area contributed by atoms with Crippen LogP contribution in [0.3, 0.4) is 0 Å². The first kappa shape index (κ1) is 16.6. The van der Waals surface area contributed by atoms with Gasteiger partial charge in [-0.25, -0.2) is 4.68 Å². The van der Waals surface area contributed by atoms with Crippen LogP contribution in [0.2, 0.25) is 0 Å². The fraction of sp³-hybridized carbons (Fsp3) is 0.300. The minimum atomic E-state index is -0.893. The number of anilines is 1. The number of aromatic nitrogens is 2. The van der Waals surface area contributed by atoms with Gasteiger partial charge in [-0.05, 0) is 31.0 Å². The number of nitrogens with two attached hydrogens (primary N) is 1. The highest BCUT2D eigenvalue weighted by Crippen LogP contribution is 2.41. The zero-order chi connectivity index (χ0) is 18.0. The van der Waals surface area contributed by atoms with Gasteiger partial charge in [-0.15, -0.1) is 0 Å². The first-order valence-corrected chi connectivity index (χ1v) is 8.90. The summed E-state index contributed by atoms with van der Waals surface area (Å²) in [4.78, 5) is 12.2. The largest absolute Gasteiger partial charge is 0.434 e. The number of nitrogens with zero attached hydrogens (tertiary/aromatic N) is 2. The zero-order valence-corrected chi connectivity index (χ0v) is 14.5. The van der Waals surface area contributed by atoms with Gasteiger partial charge in [0.15, 0.2) is 0 Å². The van der Waals surface area contributed by atoms with Gasteiger partial charge in [0.2, 0.25) is 5.72 Å². The van der Waals surface area contributed by atoms with E-state index >= 15 is 0 Å². The van der Waals surface area contributed by atoms with Gasteiger partial charge in [-0.2, -0.15) is 5.10 Å². The van der Waals surface area contributed by atoms with Crippen LogP contribution in [0.15, 0.2) is 60.8 Å². The second-order valence-corrected chi connectivity index (χ2v) is 6.59. The maximum absolute atomic E-state index is 12.2. The minimum absolute atomic E-state index is 0.0938. The van der Waals surface area contributed by atoms with Gasteiger partial charge in [0.05, 0.1) is 24.3 Å². The van der Waals surface area contributed by atoms with Crippen LogP contribution in [0, 0.1) is 0 Å². The quantitative estimate of drug-likeness (QED) is 0.692. The van der Waals surface area contributed by atoms with E-state index in [2.05, 4.69) is 10.4 Å². The highest BCUT2D eigenvalue weighted by molar-refractivity contribution is 5.79. The average Bonchev–Trinajstić information content (AvgIpc) is 3.27. The Morgan fingerprint density at radius 3 is 2.81 bits per heavy atom. The van der Waals surface area contributed by atoms with Crippen LogP contribution >= 0.6 is 0 Å². The Labute approximate surface area is 151 Å². The topological polar surface area (TPSA) is 82.2 Å². The van der Waals surface area contributed by atoms with Gasteiger partial charge in [-0.3, -0.25) is 4.79 Å². The Morgan fingerprint density at radius 1 is 1.23 bits per heavy atom. The van der Waals surface area contributed by atoms with E-state index in [0.29, 0.717) is 6.42 Å². The third kappa shape index (κ3) is 2.82. The van der Waals surface area contributed by atoms with Gasteiger partial charge < -0.3 is 15.8 Å². The second kappa shape index (κ2) is 6.80. The van der Waals surface area contributed by atoms with Crippen LogP contribution in [0.5, 0.6) is 0 Å². The molecule has 0 spiro atoms. The van der Waals surface area contributed by atoms with Crippen molar-refractivity contribution in [1.82, 2.24) is 9.78 Å². The summed E-state index contributed by atoms with van der Waals surface area (Å²) >= 11 is 0. The lowest BCUT2D eigenvalue weighted by Gasteiger charge is -2.36. The van der Waals surface area contributed by atoms with E-state index in [1.54, 1.807) is 0 Å². The molecule has 2 atom stereocenters. The number of fused-ring (bicyclic) bond motifs is 1. The molecular weight excluding hydrogens is 328 g/mol. The number of hydrogen-bond acceptors (Lipinski definition) is 5. The fourth-order valence-corrected chi connectivity index (χ4v) is 3.81. The molecule has 0 radical (unpaired) electrons. The van der Waals surface area contributed by atoms with Crippen LogP contribution < -0.4 is 11.1 Å². The summed E-state index contributed by atoms with van der Waals surface area (Å²) < 4.78 is 7.81. The van der Waals surface area contributed by atoms with Gasteiger partial charge in [0.25, 0.3) is 0 Å². The summed E-state index contributed by atoms with van der Waals surface area (Å²) in [6.07, 6.45) is 4.30. The van der Waals surface area contributed by atoms with Crippen LogP contribution in [0.4, 0.5) is 5.69 Å².